The zero-order valence-electron chi connectivity index (χ0n) is 18.7. The first-order valence-electron chi connectivity index (χ1n) is 10.2. The van der Waals surface area contributed by atoms with Crippen molar-refractivity contribution in [1.29, 1.82) is 0 Å². The van der Waals surface area contributed by atoms with Crippen molar-refractivity contribution in [2.24, 2.45) is 5.41 Å². The number of pyridine rings is 1. The molecule has 3 rings (SSSR count). The van der Waals surface area contributed by atoms with E-state index in [0.717, 1.165) is 11.2 Å². The summed E-state index contributed by atoms with van der Waals surface area (Å²) in [6.45, 7) is 3.13. The minimum Gasteiger partial charge on any atom is -0.380 e. The van der Waals surface area contributed by atoms with Crippen LogP contribution in [0.2, 0.25) is 0 Å². The van der Waals surface area contributed by atoms with Crippen molar-refractivity contribution in [2.75, 3.05) is 12.5 Å². The van der Waals surface area contributed by atoms with E-state index in [2.05, 4.69) is 9.97 Å². The molecule has 182 valence electrons. The number of sulfone groups is 1. The molecular weight excluding hydrogens is 480 g/mol. The summed E-state index contributed by atoms with van der Waals surface area (Å²) in [7, 11) is -3.59. The maximum Gasteiger partial charge on any atom is 0.417 e. The first kappa shape index (κ1) is 25.8. The Hall–Kier alpha value is -1.85. The SMILES string of the molecule is CSC1=C(C(C)(C)CC(O)(Cc2cc3cc(S(C)(=O)=O)ncc3[nH]2)C(F)(F)F)C=C(F)CC1. The molecule has 1 aliphatic rings. The van der Waals surface area contributed by atoms with Crippen LogP contribution in [0.5, 0.6) is 0 Å². The van der Waals surface area contributed by atoms with Crippen molar-refractivity contribution < 1.29 is 31.1 Å². The fourth-order valence-electron chi connectivity index (χ4n) is 4.24. The Labute approximate surface area is 194 Å². The smallest absolute Gasteiger partial charge is 0.380 e. The van der Waals surface area contributed by atoms with Crippen LogP contribution in [0.1, 0.15) is 38.8 Å². The summed E-state index contributed by atoms with van der Waals surface area (Å²) in [4.78, 5) is 7.42. The standard InChI is InChI=1S/C22H26F4N2O3S2/c1-20(2,16-9-14(23)5-6-18(16)32-3)12-21(29,22(24,25)26)10-15-7-13-8-19(33(4,30)31)27-11-17(13)28-15/h7-9,11,28-29H,5-6,10,12H2,1-4H3. The van der Waals surface area contributed by atoms with E-state index in [1.807, 2.05) is 0 Å². The molecule has 1 unspecified atom stereocenters. The van der Waals surface area contributed by atoms with Crippen LogP contribution in [0.15, 0.2) is 45.7 Å². The molecule has 2 aromatic heterocycles. The molecule has 0 saturated heterocycles. The van der Waals surface area contributed by atoms with E-state index < -0.39 is 45.7 Å². The molecule has 5 nitrogen and oxygen atoms in total. The summed E-state index contributed by atoms with van der Waals surface area (Å²) >= 11 is 1.37. The number of hydrogen-bond acceptors (Lipinski definition) is 5. The number of hydrogen-bond donors (Lipinski definition) is 2. The van der Waals surface area contributed by atoms with Crippen LogP contribution in [0, 0.1) is 5.41 Å². The van der Waals surface area contributed by atoms with Crippen molar-refractivity contribution in [1.82, 2.24) is 9.97 Å². The number of aliphatic hydroxyl groups is 1. The molecule has 0 aromatic carbocycles. The largest absolute Gasteiger partial charge is 0.417 e. The Morgan fingerprint density at radius 1 is 1.21 bits per heavy atom. The lowest BCUT2D eigenvalue weighted by atomic mass is 9.72. The van der Waals surface area contributed by atoms with E-state index >= 15 is 0 Å². The molecule has 0 fully saturated rings. The summed E-state index contributed by atoms with van der Waals surface area (Å²) in [5.41, 5.74) is -3.39. The highest BCUT2D eigenvalue weighted by molar-refractivity contribution is 8.02. The number of allylic oxidation sites excluding steroid dienone is 4. The predicted molar refractivity (Wildman–Crippen MR) is 121 cm³/mol. The number of thioether (sulfide) groups is 1. The molecule has 33 heavy (non-hydrogen) atoms. The van der Waals surface area contributed by atoms with Crippen LogP contribution in [0.4, 0.5) is 17.6 Å². The van der Waals surface area contributed by atoms with Gasteiger partial charge in [-0.15, -0.1) is 11.8 Å². The van der Waals surface area contributed by atoms with Crippen molar-refractivity contribution in [3.05, 3.63) is 46.4 Å². The van der Waals surface area contributed by atoms with Gasteiger partial charge in [0.05, 0.1) is 11.7 Å². The number of H-pyrrole nitrogens is 1. The van der Waals surface area contributed by atoms with Crippen LogP contribution in [-0.4, -0.2) is 47.8 Å². The lowest BCUT2D eigenvalue weighted by Crippen LogP contribution is -2.50. The van der Waals surface area contributed by atoms with Gasteiger partial charge in [0.25, 0.3) is 0 Å². The average Bonchev–Trinajstić information content (AvgIpc) is 3.07. The maximum absolute atomic E-state index is 14.2. The van der Waals surface area contributed by atoms with E-state index in [1.54, 1.807) is 20.1 Å². The molecular formula is C22H26F4N2O3S2. The van der Waals surface area contributed by atoms with E-state index in [1.165, 1.54) is 36.2 Å². The lowest BCUT2D eigenvalue weighted by molar-refractivity contribution is -0.268. The molecule has 2 N–H and O–H groups in total. The van der Waals surface area contributed by atoms with E-state index in [0.29, 0.717) is 22.9 Å². The van der Waals surface area contributed by atoms with Crippen LogP contribution in [0.3, 0.4) is 0 Å². The predicted octanol–water partition coefficient (Wildman–Crippen LogP) is 5.48. The summed E-state index contributed by atoms with van der Waals surface area (Å²) in [6.07, 6.45) is -0.520. The van der Waals surface area contributed by atoms with Crippen molar-refractivity contribution >= 4 is 32.5 Å². The molecule has 2 aromatic rings. The minimum absolute atomic E-state index is 0.0810. The van der Waals surface area contributed by atoms with E-state index in [4.69, 9.17) is 0 Å². The first-order valence-corrected chi connectivity index (χ1v) is 13.3. The van der Waals surface area contributed by atoms with Crippen molar-refractivity contribution in [2.45, 2.75) is 56.3 Å². The van der Waals surface area contributed by atoms with Crippen LogP contribution in [0.25, 0.3) is 10.9 Å². The Balaban J connectivity index is 1.99. The van der Waals surface area contributed by atoms with Gasteiger partial charge in [-0.25, -0.2) is 17.8 Å². The fraction of sp³-hybridized carbons (Fsp3) is 0.500. The third-order valence-corrected chi connectivity index (χ3v) is 7.73. The van der Waals surface area contributed by atoms with E-state index in [9.17, 15) is 31.1 Å². The molecule has 0 spiro atoms. The summed E-state index contributed by atoms with van der Waals surface area (Å²) in [6, 6.07) is 2.65. The number of alkyl halides is 3. The topological polar surface area (TPSA) is 83.0 Å². The minimum atomic E-state index is -4.96. The monoisotopic (exact) mass is 506 g/mol. The van der Waals surface area contributed by atoms with Gasteiger partial charge >= 0.3 is 6.18 Å². The highest BCUT2D eigenvalue weighted by Crippen LogP contribution is 2.48. The zero-order valence-corrected chi connectivity index (χ0v) is 20.3. The number of rotatable bonds is 7. The van der Waals surface area contributed by atoms with Crippen LogP contribution in [-0.2, 0) is 16.3 Å². The Morgan fingerprint density at radius 2 is 1.88 bits per heavy atom. The number of nitrogens with one attached hydrogen (secondary N) is 1. The molecule has 0 aliphatic heterocycles. The van der Waals surface area contributed by atoms with Gasteiger partial charge in [0.15, 0.2) is 20.5 Å². The number of aromatic nitrogens is 2. The fourth-order valence-corrected chi connectivity index (χ4v) is 5.68. The number of nitrogens with zero attached hydrogens (tertiary/aromatic N) is 1. The van der Waals surface area contributed by atoms with Crippen LogP contribution < -0.4 is 0 Å². The third-order valence-electron chi connectivity index (χ3n) is 5.83. The van der Waals surface area contributed by atoms with Gasteiger partial charge in [0, 0.05) is 30.2 Å². The number of halogens is 4. The van der Waals surface area contributed by atoms with Gasteiger partial charge in [0.2, 0.25) is 0 Å². The quantitative estimate of drug-likeness (QED) is 0.486. The molecule has 2 heterocycles. The van der Waals surface area contributed by atoms with Crippen molar-refractivity contribution in [3.8, 4) is 0 Å². The Kier molecular flexibility index (Phi) is 6.82. The molecule has 11 heteroatoms. The van der Waals surface area contributed by atoms with Gasteiger partial charge in [-0.2, -0.15) is 13.2 Å². The molecule has 0 saturated carbocycles. The highest BCUT2D eigenvalue weighted by Gasteiger charge is 2.56. The average molecular weight is 507 g/mol. The zero-order chi connectivity index (χ0) is 24.8. The van der Waals surface area contributed by atoms with Crippen LogP contribution >= 0.6 is 11.8 Å². The number of fused-ring (bicyclic) bond motifs is 1. The molecule has 0 bridgehead atoms. The lowest BCUT2D eigenvalue weighted by Gasteiger charge is -2.39. The second-order valence-corrected chi connectivity index (χ2v) is 11.9. The summed E-state index contributed by atoms with van der Waals surface area (Å²) in [5, 5.41) is 11.1. The van der Waals surface area contributed by atoms with Crippen molar-refractivity contribution in [3.63, 3.8) is 0 Å². The molecule has 0 amide bonds. The first-order chi connectivity index (χ1) is 15.1. The summed E-state index contributed by atoms with van der Waals surface area (Å²) in [5.74, 6) is -0.392. The second-order valence-electron chi connectivity index (χ2n) is 9.08. The molecule has 1 atom stereocenters. The Bertz CT molecular complexity index is 1230. The molecule has 0 radical (unpaired) electrons. The maximum atomic E-state index is 14.2. The van der Waals surface area contributed by atoms with Gasteiger partial charge in [-0.05, 0) is 53.2 Å². The normalized spacial score (nSPS) is 17.9. The number of aromatic amines is 1. The van der Waals surface area contributed by atoms with Gasteiger partial charge in [-0.1, -0.05) is 13.8 Å². The van der Waals surface area contributed by atoms with Gasteiger partial charge < -0.3 is 10.1 Å². The highest BCUT2D eigenvalue weighted by atomic mass is 32.2. The Morgan fingerprint density at radius 3 is 2.45 bits per heavy atom. The van der Waals surface area contributed by atoms with E-state index in [-0.39, 0.29) is 17.1 Å². The summed E-state index contributed by atoms with van der Waals surface area (Å²) < 4.78 is 79.9. The van der Waals surface area contributed by atoms with Gasteiger partial charge in [-0.3, -0.25) is 0 Å². The van der Waals surface area contributed by atoms with Gasteiger partial charge in [0.1, 0.15) is 5.83 Å². The third kappa shape index (κ3) is 5.46. The second kappa shape index (κ2) is 8.74. The molecule has 1 aliphatic carbocycles.